The molecular weight excluding hydrogens is 396 g/mol. The first kappa shape index (κ1) is 20.4. The molecule has 1 aromatic rings. The largest absolute Gasteiger partial charge is 0.480 e. The Morgan fingerprint density at radius 3 is 2.48 bits per heavy atom. The molecule has 0 aromatic heterocycles. The molecule has 6 nitrogen and oxygen atoms in total. The molecule has 3 unspecified atom stereocenters. The second kappa shape index (κ2) is 7.02. The molecule has 4 aliphatic carbocycles. The van der Waals surface area contributed by atoms with E-state index in [-0.39, 0.29) is 29.5 Å². The molecule has 0 spiro atoms. The van der Waals surface area contributed by atoms with Gasteiger partial charge in [-0.25, -0.2) is 4.79 Å². The Bertz CT molecular complexity index is 954. The maximum Gasteiger partial charge on any atom is 0.338 e. The number of aliphatic hydroxyl groups is 1. The van der Waals surface area contributed by atoms with Crippen molar-refractivity contribution in [1.82, 2.24) is 0 Å². The highest BCUT2D eigenvalue weighted by Gasteiger charge is 2.73. The standard InChI is InChI=1S/C25H28O6/c1-12-8-9-13(2)25(24(29)30)20(12)21(31-23(28)14-6-4-3-5-7-14)19-16-10-15(11-17(16)26)18(19)22(25)27/h3-9,12-13,15-21,26H,10-11H2,1-2H3,(H,29,30)/t12-,13+,15+,16-,17-,18?,19?,20-,21?,25-/m0/s1. The van der Waals surface area contributed by atoms with Gasteiger partial charge in [-0.15, -0.1) is 0 Å². The molecule has 6 heteroatoms. The van der Waals surface area contributed by atoms with Crippen molar-refractivity contribution in [1.29, 1.82) is 0 Å². The topological polar surface area (TPSA) is 101 Å². The third-order valence-corrected chi connectivity index (χ3v) is 8.59. The molecule has 3 fully saturated rings. The summed E-state index contributed by atoms with van der Waals surface area (Å²) in [6.45, 7) is 3.67. The SMILES string of the molecule is C[C@@H]1C=C[C@H](C)[C@H]2C(OC(=O)c3ccccc3)C3C(C(=O)[C@]12C(=O)O)[C@@H]1C[C@H]3[C@@H](O)C1. The highest BCUT2D eigenvalue weighted by Crippen LogP contribution is 2.65. The summed E-state index contributed by atoms with van der Waals surface area (Å²) in [7, 11) is 0. The first-order chi connectivity index (χ1) is 14.8. The van der Waals surface area contributed by atoms with Crippen LogP contribution in [-0.2, 0) is 14.3 Å². The fourth-order valence-corrected chi connectivity index (χ4v) is 7.37. The zero-order valence-corrected chi connectivity index (χ0v) is 17.7. The summed E-state index contributed by atoms with van der Waals surface area (Å²) in [6.07, 6.45) is 3.68. The molecule has 4 aliphatic rings. The quantitative estimate of drug-likeness (QED) is 0.440. The molecule has 3 saturated carbocycles. The third-order valence-electron chi connectivity index (χ3n) is 8.59. The summed E-state index contributed by atoms with van der Waals surface area (Å²) in [5, 5.41) is 21.1. The summed E-state index contributed by atoms with van der Waals surface area (Å²) in [4.78, 5) is 39.8. The Hall–Kier alpha value is -2.47. The van der Waals surface area contributed by atoms with Crippen molar-refractivity contribution in [2.45, 2.75) is 38.9 Å². The van der Waals surface area contributed by atoms with E-state index in [9.17, 15) is 24.6 Å². The molecule has 0 amide bonds. The summed E-state index contributed by atoms with van der Waals surface area (Å²) in [5.41, 5.74) is -1.22. The Kier molecular flexibility index (Phi) is 4.63. The number of carboxylic acids is 1. The van der Waals surface area contributed by atoms with Gasteiger partial charge < -0.3 is 14.9 Å². The zero-order chi connectivity index (χ0) is 22.1. The Labute approximate surface area is 181 Å². The van der Waals surface area contributed by atoms with E-state index < -0.39 is 47.3 Å². The Balaban J connectivity index is 1.64. The average molecular weight is 424 g/mol. The van der Waals surface area contributed by atoms with Crippen LogP contribution in [-0.4, -0.2) is 40.1 Å². The van der Waals surface area contributed by atoms with Crippen molar-refractivity contribution in [3.05, 3.63) is 48.0 Å². The number of ketones is 1. The monoisotopic (exact) mass is 424 g/mol. The number of carboxylic acid groups (broad SMARTS) is 1. The second-order valence-corrected chi connectivity index (χ2v) is 9.90. The van der Waals surface area contributed by atoms with E-state index in [0.717, 1.165) is 0 Å². The fourth-order valence-electron chi connectivity index (χ4n) is 7.37. The molecule has 164 valence electrons. The van der Waals surface area contributed by atoms with Gasteiger partial charge in [0.15, 0.2) is 5.78 Å². The molecule has 0 saturated heterocycles. The number of carbonyl (C=O) groups excluding carboxylic acids is 2. The maximum atomic E-state index is 13.9. The lowest BCUT2D eigenvalue weighted by molar-refractivity contribution is -0.191. The van der Waals surface area contributed by atoms with Gasteiger partial charge in [-0.05, 0) is 48.6 Å². The molecule has 2 N–H and O–H groups in total. The van der Waals surface area contributed by atoms with Crippen LogP contribution < -0.4 is 0 Å². The van der Waals surface area contributed by atoms with Gasteiger partial charge in [0.25, 0.3) is 0 Å². The highest BCUT2D eigenvalue weighted by atomic mass is 16.5. The van der Waals surface area contributed by atoms with Gasteiger partial charge in [-0.2, -0.15) is 0 Å². The highest BCUT2D eigenvalue weighted by molar-refractivity contribution is 6.07. The van der Waals surface area contributed by atoms with Crippen LogP contribution in [0.5, 0.6) is 0 Å². The second-order valence-electron chi connectivity index (χ2n) is 9.90. The van der Waals surface area contributed by atoms with Gasteiger partial charge in [0.05, 0.1) is 11.7 Å². The van der Waals surface area contributed by atoms with Gasteiger partial charge in [-0.1, -0.05) is 44.2 Å². The normalized spacial score (nSPS) is 45.1. The molecular formula is C25H28O6. The number of hydrogen-bond acceptors (Lipinski definition) is 5. The molecule has 0 radical (unpaired) electrons. The van der Waals surface area contributed by atoms with Crippen molar-refractivity contribution in [2.75, 3.05) is 0 Å². The van der Waals surface area contributed by atoms with E-state index in [0.29, 0.717) is 18.4 Å². The van der Waals surface area contributed by atoms with Gasteiger partial charge >= 0.3 is 11.9 Å². The van der Waals surface area contributed by atoms with Crippen LogP contribution in [0.4, 0.5) is 0 Å². The number of carbonyl (C=O) groups is 3. The van der Waals surface area contributed by atoms with Crippen LogP contribution in [0.1, 0.15) is 37.0 Å². The lowest BCUT2D eigenvalue weighted by atomic mass is 9.46. The van der Waals surface area contributed by atoms with Crippen molar-refractivity contribution in [2.24, 2.45) is 46.8 Å². The van der Waals surface area contributed by atoms with Crippen LogP contribution in [0.2, 0.25) is 0 Å². The molecule has 5 rings (SSSR count). The minimum Gasteiger partial charge on any atom is -0.480 e. The van der Waals surface area contributed by atoms with Gasteiger partial charge in [0, 0.05) is 17.8 Å². The van der Waals surface area contributed by atoms with Gasteiger partial charge in [0.1, 0.15) is 11.5 Å². The van der Waals surface area contributed by atoms with Crippen molar-refractivity contribution >= 4 is 17.7 Å². The molecule has 0 aliphatic heterocycles. The lowest BCUT2D eigenvalue weighted by Gasteiger charge is -2.56. The average Bonchev–Trinajstić information content (AvgIpc) is 3.30. The first-order valence-corrected chi connectivity index (χ1v) is 11.2. The number of aliphatic hydroxyl groups excluding tert-OH is 1. The number of Topliss-reactive ketones (excluding diaryl/α,β-unsaturated/α-hetero) is 1. The minimum absolute atomic E-state index is 0.0546. The first-order valence-electron chi connectivity index (χ1n) is 11.2. The van der Waals surface area contributed by atoms with Crippen LogP contribution in [0, 0.1) is 46.8 Å². The maximum absolute atomic E-state index is 13.9. The predicted octanol–water partition coefficient (Wildman–Crippen LogP) is 2.96. The number of aliphatic carboxylic acids is 1. The number of fused-ring (bicyclic) bond motifs is 6. The van der Waals surface area contributed by atoms with Gasteiger partial charge in [0.2, 0.25) is 0 Å². The Morgan fingerprint density at radius 2 is 1.81 bits per heavy atom. The molecule has 1 aromatic carbocycles. The molecule has 2 bridgehead atoms. The summed E-state index contributed by atoms with van der Waals surface area (Å²) < 4.78 is 6.10. The van der Waals surface area contributed by atoms with Crippen LogP contribution in [0.3, 0.4) is 0 Å². The number of esters is 1. The number of rotatable bonds is 3. The van der Waals surface area contributed by atoms with Crippen LogP contribution in [0.15, 0.2) is 42.5 Å². The Morgan fingerprint density at radius 1 is 1.10 bits per heavy atom. The van der Waals surface area contributed by atoms with E-state index in [1.54, 1.807) is 31.2 Å². The lowest BCUT2D eigenvalue weighted by Crippen LogP contribution is -2.67. The van der Waals surface area contributed by atoms with E-state index >= 15 is 0 Å². The molecule has 0 heterocycles. The van der Waals surface area contributed by atoms with Crippen molar-refractivity contribution < 1.29 is 29.3 Å². The number of benzene rings is 1. The van der Waals surface area contributed by atoms with E-state index in [1.807, 2.05) is 25.1 Å². The predicted molar refractivity (Wildman–Crippen MR) is 111 cm³/mol. The molecule has 10 atom stereocenters. The smallest absolute Gasteiger partial charge is 0.338 e. The fraction of sp³-hybridized carbons (Fsp3) is 0.560. The third kappa shape index (κ3) is 2.63. The van der Waals surface area contributed by atoms with E-state index in [1.165, 1.54) is 0 Å². The van der Waals surface area contributed by atoms with Crippen molar-refractivity contribution in [3.8, 4) is 0 Å². The summed E-state index contributed by atoms with van der Waals surface area (Å²) >= 11 is 0. The number of hydrogen-bond donors (Lipinski definition) is 2. The summed E-state index contributed by atoms with van der Waals surface area (Å²) in [5.74, 6) is -4.32. The minimum atomic E-state index is -1.62. The van der Waals surface area contributed by atoms with Gasteiger partial charge in [-0.3, -0.25) is 9.59 Å². The van der Waals surface area contributed by atoms with E-state index in [2.05, 4.69) is 0 Å². The van der Waals surface area contributed by atoms with Crippen molar-refractivity contribution in [3.63, 3.8) is 0 Å². The zero-order valence-electron chi connectivity index (χ0n) is 17.7. The molecule has 31 heavy (non-hydrogen) atoms. The number of allylic oxidation sites excluding steroid dienone is 2. The van der Waals surface area contributed by atoms with Crippen LogP contribution >= 0.6 is 0 Å². The number of ether oxygens (including phenoxy) is 1. The summed E-state index contributed by atoms with van der Waals surface area (Å²) in [6, 6.07) is 8.65. The van der Waals surface area contributed by atoms with Crippen LogP contribution in [0.25, 0.3) is 0 Å². The van der Waals surface area contributed by atoms with E-state index in [4.69, 9.17) is 4.74 Å².